The third-order valence-electron chi connectivity index (χ3n) is 7.05. The number of thiophene rings is 1. The molecule has 1 aromatic carbocycles. The maximum Gasteiger partial charge on any atom is 0.333 e. The van der Waals surface area contributed by atoms with E-state index in [0.717, 1.165) is 15.9 Å². The summed E-state index contributed by atoms with van der Waals surface area (Å²) in [7, 11) is 1.43. The third-order valence-corrected chi connectivity index (χ3v) is 8.33. The van der Waals surface area contributed by atoms with Crippen LogP contribution in [0.1, 0.15) is 58.3 Å². The molecule has 13 heteroatoms. The Hall–Kier alpha value is -3.68. The lowest BCUT2D eigenvalue weighted by Crippen LogP contribution is -2.53. The molecule has 11 nitrogen and oxygen atoms in total. The van der Waals surface area contributed by atoms with Crippen LogP contribution in [0.2, 0.25) is 0 Å². The number of halogens is 1. The number of benzene rings is 1. The average molecular weight is 602 g/mol. The van der Waals surface area contributed by atoms with Crippen molar-refractivity contribution in [2.75, 3.05) is 13.7 Å². The molecule has 4 aromatic rings. The lowest BCUT2D eigenvalue weighted by molar-refractivity contribution is -0.127. The van der Waals surface area contributed by atoms with Gasteiger partial charge in [0.1, 0.15) is 33.0 Å². The van der Waals surface area contributed by atoms with Crippen LogP contribution < -0.4 is 16.0 Å². The molecule has 0 aliphatic heterocycles. The number of carbonyl (C=O) groups is 1. The minimum absolute atomic E-state index is 0.0116. The molecule has 226 valence electrons. The molecule has 0 spiro atoms. The zero-order valence-electron chi connectivity index (χ0n) is 24.8. The van der Waals surface area contributed by atoms with E-state index in [1.165, 1.54) is 47.1 Å². The molecule has 2 atom stereocenters. The molecule has 0 aliphatic carbocycles. The number of aryl methyl sites for hydroxylation is 1. The maximum atomic E-state index is 14.5. The minimum Gasteiger partial charge on any atom is -0.496 e. The number of hydrogen-bond acceptors (Lipinski definition) is 9. The van der Waals surface area contributed by atoms with Crippen LogP contribution in [0, 0.1) is 18.7 Å². The number of nitrogens with zero attached hydrogens (tertiary/aromatic N) is 5. The first-order valence-electron chi connectivity index (χ1n) is 13.6. The number of ketones is 1. The maximum absolute atomic E-state index is 14.5. The molecule has 0 unspecified atom stereocenters. The van der Waals surface area contributed by atoms with Gasteiger partial charge < -0.3 is 14.6 Å². The van der Waals surface area contributed by atoms with Crippen molar-refractivity contribution in [2.24, 2.45) is 5.92 Å². The van der Waals surface area contributed by atoms with Crippen LogP contribution in [0.4, 0.5) is 4.39 Å². The number of ether oxygens (including phenoxy) is 2. The summed E-state index contributed by atoms with van der Waals surface area (Å²) in [5, 5.41) is 19.1. The van der Waals surface area contributed by atoms with Crippen LogP contribution in [0.25, 0.3) is 15.2 Å². The lowest BCUT2D eigenvalue weighted by Gasteiger charge is -2.28. The van der Waals surface area contributed by atoms with Crippen molar-refractivity contribution in [3.05, 3.63) is 68.4 Å². The largest absolute Gasteiger partial charge is 0.496 e. The summed E-state index contributed by atoms with van der Waals surface area (Å²) in [6.45, 7) is 9.88. The van der Waals surface area contributed by atoms with Gasteiger partial charge in [-0.2, -0.15) is 10.2 Å². The second-order valence-corrected chi connectivity index (χ2v) is 12.2. The summed E-state index contributed by atoms with van der Waals surface area (Å²) in [6, 6.07) is 3.94. The molecule has 0 aliphatic rings. The number of carbonyl (C=O) groups excluding carboxylic acids is 1. The summed E-state index contributed by atoms with van der Waals surface area (Å²) < 4.78 is 28.3. The third kappa shape index (κ3) is 5.94. The van der Waals surface area contributed by atoms with Gasteiger partial charge in [0, 0.05) is 17.5 Å². The van der Waals surface area contributed by atoms with Gasteiger partial charge in [0.25, 0.3) is 5.56 Å². The normalized spacial score (nSPS) is 13.6. The first-order chi connectivity index (χ1) is 19.8. The summed E-state index contributed by atoms with van der Waals surface area (Å²) >= 11 is 1.14. The van der Waals surface area contributed by atoms with E-state index in [-0.39, 0.29) is 36.7 Å². The first-order valence-corrected chi connectivity index (χ1v) is 14.4. The van der Waals surface area contributed by atoms with Gasteiger partial charge in [0.15, 0.2) is 5.78 Å². The topological polar surface area (TPSA) is 130 Å². The van der Waals surface area contributed by atoms with E-state index in [4.69, 9.17) is 9.47 Å². The molecule has 4 rings (SSSR count). The highest BCUT2D eigenvalue weighted by atomic mass is 32.1. The van der Waals surface area contributed by atoms with Crippen LogP contribution in [-0.2, 0) is 21.6 Å². The fraction of sp³-hybridized carbons (Fsp3) is 0.483. The Morgan fingerprint density at radius 3 is 2.43 bits per heavy atom. The molecule has 1 N–H and O–H groups in total. The standard InChI is InChI=1S/C29H36FN5O6S/c1-16(2)12-23(37)29(5,6)34-25(38)24-18(4)26(35-31-10-11-32-35)42-27(24)33(28(34)39)14-22(41-15-17(3)36)20-13-19(30)8-9-21(20)40-7/h8-11,13,16-17,22,36H,12,14-15H2,1-7H3/t17-,22-/m0/s1. The highest BCUT2D eigenvalue weighted by molar-refractivity contribution is 7.21. The van der Waals surface area contributed by atoms with E-state index in [9.17, 15) is 23.9 Å². The van der Waals surface area contributed by atoms with Gasteiger partial charge in [-0.25, -0.2) is 13.8 Å². The molecule has 0 radical (unpaired) electrons. The Kier molecular flexibility index (Phi) is 9.14. The fourth-order valence-corrected chi connectivity index (χ4v) is 6.08. The van der Waals surface area contributed by atoms with Crippen molar-refractivity contribution < 1.29 is 23.8 Å². The highest BCUT2D eigenvalue weighted by Crippen LogP contribution is 2.34. The number of methoxy groups -OCH3 is 1. The highest BCUT2D eigenvalue weighted by Gasteiger charge is 2.36. The zero-order valence-corrected chi connectivity index (χ0v) is 25.6. The van der Waals surface area contributed by atoms with Crippen LogP contribution in [0.3, 0.4) is 0 Å². The number of aliphatic hydroxyl groups is 1. The second kappa shape index (κ2) is 12.3. The Morgan fingerprint density at radius 2 is 1.83 bits per heavy atom. The van der Waals surface area contributed by atoms with E-state index in [1.54, 1.807) is 27.7 Å². The Bertz CT molecular complexity index is 1700. The summed E-state index contributed by atoms with van der Waals surface area (Å²) in [6.07, 6.45) is 1.34. The predicted octanol–water partition coefficient (Wildman–Crippen LogP) is 3.75. The summed E-state index contributed by atoms with van der Waals surface area (Å²) in [5.74, 6) is -0.477. The Morgan fingerprint density at radius 1 is 1.17 bits per heavy atom. The molecule has 0 fully saturated rings. The molecule has 0 amide bonds. The van der Waals surface area contributed by atoms with Crippen molar-refractivity contribution >= 4 is 27.3 Å². The van der Waals surface area contributed by atoms with E-state index in [1.807, 2.05) is 13.8 Å². The second-order valence-electron chi connectivity index (χ2n) is 11.2. The van der Waals surface area contributed by atoms with Crippen LogP contribution >= 0.6 is 11.3 Å². The molecular formula is C29H36FN5O6S. The van der Waals surface area contributed by atoms with Gasteiger partial charge in [-0.15, -0.1) is 4.80 Å². The van der Waals surface area contributed by atoms with E-state index in [2.05, 4.69) is 10.2 Å². The molecule has 0 saturated heterocycles. The van der Waals surface area contributed by atoms with Gasteiger partial charge in [0.05, 0.1) is 44.1 Å². The lowest BCUT2D eigenvalue weighted by atomic mass is 9.91. The van der Waals surface area contributed by atoms with Gasteiger partial charge in [0.2, 0.25) is 0 Å². The number of rotatable bonds is 12. The van der Waals surface area contributed by atoms with E-state index in [0.29, 0.717) is 26.7 Å². The molecule has 0 saturated carbocycles. The predicted molar refractivity (Wildman–Crippen MR) is 157 cm³/mol. The van der Waals surface area contributed by atoms with Crippen molar-refractivity contribution in [3.63, 3.8) is 0 Å². The molecule has 42 heavy (non-hydrogen) atoms. The summed E-state index contributed by atoms with van der Waals surface area (Å²) in [5.41, 5.74) is -1.95. The van der Waals surface area contributed by atoms with Gasteiger partial charge >= 0.3 is 5.69 Å². The Balaban J connectivity index is 2.03. The number of aromatic nitrogens is 5. The molecule has 0 bridgehead atoms. The summed E-state index contributed by atoms with van der Waals surface area (Å²) in [4.78, 5) is 43.5. The minimum atomic E-state index is -1.47. The van der Waals surface area contributed by atoms with Gasteiger partial charge in [-0.1, -0.05) is 25.2 Å². The fourth-order valence-electron chi connectivity index (χ4n) is 4.86. The van der Waals surface area contributed by atoms with Crippen molar-refractivity contribution in [1.82, 2.24) is 24.1 Å². The van der Waals surface area contributed by atoms with Gasteiger partial charge in [-0.3, -0.25) is 14.2 Å². The number of aliphatic hydroxyl groups excluding tert-OH is 1. The molecular weight excluding hydrogens is 565 g/mol. The quantitative estimate of drug-likeness (QED) is 0.260. The van der Waals surface area contributed by atoms with E-state index >= 15 is 0 Å². The number of Topliss-reactive ketones (excluding diaryl/α,β-unsaturated/α-hetero) is 1. The SMILES string of the molecule is COc1ccc(F)cc1[C@H](Cn1c(=O)n(C(C)(C)C(=O)CC(C)C)c(=O)c2c(C)c(-n3nccn3)sc21)OC[C@H](C)O. The smallest absolute Gasteiger partial charge is 0.333 e. The molecule has 3 heterocycles. The number of fused-ring (bicyclic) bond motifs is 1. The van der Waals surface area contributed by atoms with Crippen molar-refractivity contribution in [1.29, 1.82) is 0 Å². The van der Waals surface area contributed by atoms with Crippen molar-refractivity contribution in [3.8, 4) is 10.8 Å². The van der Waals surface area contributed by atoms with Gasteiger partial charge in [-0.05, 0) is 51.8 Å². The monoisotopic (exact) mass is 601 g/mol. The average Bonchev–Trinajstić information content (AvgIpc) is 3.56. The van der Waals surface area contributed by atoms with Crippen LogP contribution in [-0.4, -0.2) is 54.8 Å². The molecule has 3 aromatic heterocycles. The van der Waals surface area contributed by atoms with E-state index < -0.39 is 34.8 Å². The van der Waals surface area contributed by atoms with Crippen LogP contribution in [0.15, 0.2) is 40.2 Å². The van der Waals surface area contributed by atoms with Crippen LogP contribution in [0.5, 0.6) is 5.75 Å². The van der Waals surface area contributed by atoms with Crippen molar-refractivity contribution in [2.45, 2.75) is 72.3 Å². The number of hydrogen-bond donors (Lipinski definition) is 1. The first kappa shape index (κ1) is 31.3. The zero-order chi connectivity index (χ0) is 30.9. The Labute approximate surface area is 246 Å².